The number of aryl methyl sites for hydroxylation is 3. The SMILES string of the molecule is COCCn1c(SCC(=O)NC(C)CCc2ccccc2)nc2sc3c(c2c1=O)CCCC3. The quantitative estimate of drug-likeness (QED) is 0.344. The largest absolute Gasteiger partial charge is 0.383 e. The molecule has 1 aliphatic carbocycles. The Balaban J connectivity index is 1.44. The van der Waals surface area contributed by atoms with Crippen LogP contribution in [0.3, 0.4) is 0 Å². The lowest BCUT2D eigenvalue weighted by Crippen LogP contribution is -2.34. The molecule has 3 aromatic rings. The molecule has 2 heterocycles. The first-order valence-corrected chi connectivity index (χ1v) is 13.4. The molecule has 1 atom stereocenters. The van der Waals surface area contributed by atoms with Crippen LogP contribution in [-0.2, 0) is 35.3 Å². The van der Waals surface area contributed by atoms with Gasteiger partial charge in [-0.15, -0.1) is 11.3 Å². The number of carbonyl (C=O) groups is 1. The first kappa shape index (κ1) is 24.0. The van der Waals surface area contributed by atoms with Crippen molar-refractivity contribution in [3.8, 4) is 0 Å². The van der Waals surface area contributed by atoms with E-state index in [9.17, 15) is 9.59 Å². The Morgan fingerprint density at radius 2 is 2.06 bits per heavy atom. The van der Waals surface area contributed by atoms with E-state index in [0.717, 1.165) is 42.3 Å². The molecule has 176 valence electrons. The molecule has 1 aliphatic rings. The maximum atomic E-state index is 13.4. The van der Waals surface area contributed by atoms with E-state index >= 15 is 0 Å². The predicted octanol–water partition coefficient (Wildman–Crippen LogP) is 4.21. The molecule has 0 bridgehead atoms. The third-order valence-electron chi connectivity index (χ3n) is 6.01. The van der Waals surface area contributed by atoms with Crippen LogP contribution in [0.2, 0.25) is 0 Å². The number of hydrogen-bond donors (Lipinski definition) is 1. The number of rotatable bonds is 10. The highest BCUT2D eigenvalue weighted by Gasteiger charge is 2.22. The molecule has 1 N–H and O–H groups in total. The first-order valence-electron chi connectivity index (χ1n) is 11.6. The first-order chi connectivity index (χ1) is 16.1. The molecular formula is C25H31N3O3S2. The average molecular weight is 486 g/mol. The Morgan fingerprint density at radius 3 is 2.85 bits per heavy atom. The van der Waals surface area contributed by atoms with Crippen LogP contribution >= 0.6 is 23.1 Å². The van der Waals surface area contributed by atoms with Crippen molar-refractivity contribution >= 4 is 39.2 Å². The molecule has 0 radical (unpaired) electrons. The lowest BCUT2D eigenvalue weighted by atomic mass is 9.97. The summed E-state index contributed by atoms with van der Waals surface area (Å²) in [5.41, 5.74) is 2.45. The van der Waals surface area contributed by atoms with E-state index in [1.54, 1.807) is 23.0 Å². The number of aromatic nitrogens is 2. The summed E-state index contributed by atoms with van der Waals surface area (Å²) in [7, 11) is 1.63. The zero-order valence-corrected chi connectivity index (χ0v) is 20.9. The maximum absolute atomic E-state index is 13.4. The number of nitrogens with one attached hydrogen (secondary N) is 1. The highest BCUT2D eigenvalue weighted by Crippen LogP contribution is 2.34. The fourth-order valence-electron chi connectivity index (χ4n) is 4.26. The van der Waals surface area contributed by atoms with E-state index in [1.165, 1.54) is 34.2 Å². The van der Waals surface area contributed by atoms with Gasteiger partial charge in [0.05, 0.1) is 24.3 Å². The van der Waals surface area contributed by atoms with E-state index in [1.807, 2.05) is 25.1 Å². The number of thiophene rings is 1. The summed E-state index contributed by atoms with van der Waals surface area (Å²) in [6.45, 7) is 2.89. The molecule has 4 rings (SSSR count). The number of fused-ring (bicyclic) bond motifs is 3. The van der Waals surface area contributed by atoms with Gasteiger partial charge in [0.25, 0.3) is 5.56 Å². The Hall–Kier alpha value is -2.16. The van der Waals surface area contributed by atoms with Gasteiger partial charge in [-0.1, -0.05) is 42.1 Å². The summed E-state index contributed by atoms with van der Waals surface area (Å²) in [6.07, 6.45) is 6.07. The van der Waals surface area contributed by atoms with Crippen molar-refractivity contribution in [2.75, 3.05) is 19.5 Å². The Labute approximate surface area is 202 Å². The summed E-state index contributed by atoms with van der Waals surface area (Å²) in [4.78, 5) is 32.9. The lowest BCUT2D eigenvalue weighted by Gasteiger charge is -2.15. The zero-order valence-electron chi connectivity index (χ0n) is 19.3. The van der Waals surface area contributed by atoms with Crippen molar-refractivity contribution in [1.29, 1.82) is 0 Å². The second-order valence-corrected chi connectivity index (χ2v) is 10.5. The normalized spacial score (nSPS) is 14.2. The van der Waals surface area contributed by atoms with Crippen molar-refractivity contribution < 1.29 is 9.53 Å². The van der Waals surface area contributed by atoms with Crippen LogP contribution < -0.4 is 10.9 Å². The van der Waals surface area contributed by atoms with Gasteiger partial charge in [0.1, 0.15) is 4.83 Å². The van der Waals surface area contributed by atoms with Gasteiger partial charge in [-0.2, -0.15) is 0 Å². The van der Waals surface area contributed by atoms with Gasteiger partial charge < -0.3 is 10.1 Å². The Bertz CT molecular complexity index is 1160. The number of nitrogens with zero attached hydrogens (tertiary/aromatic N) is 2. The number of methoxy groups -OCH3 is 1. The molecule has 1 aromatic carbocycles. The van der Waals surface area contributed by atoms with Gasteiger partial charge in [0.15, 0.2) is 5.16 Å². The standard InChI is InChI=1S/C25H31N3O3S2/c1-17(12-13-18-8-4-3-5-9-18)26-21(29)16-32-25-27-23-22(24(30)28(25)14-15-31-2)19-10-6-7-11-20(19)33-23/h3-5,8-9,17H,6-7,10-16H2,1-2H3,(H,26,29). The fourth-order valence-corrected chi connectivity index (χ4v) is 6.40. The van der Waals surface area contributed by atoms with Crippen LogP contribution in [0.15, 0.2) is 40.3 Å². The third-order valence-corrected chi connectivity index (χ3v) is 8.17. The highest BCUT2D eigenvalue weighted by atomic mass is 32.2. The van der Waals surface area contributed by atoms with Crippen molar-refractivity contribution in [2.45, 2.75) is 63.2 Å². The number of thioether (sulfide) groups is 1. The van der Waals surface area contributed by atoms with Crippen LogP contribution in [0.5, 0.6) is 0 Å². The van der Waals surface area contributed by atoms with Gasteiger partial charge in [-0.05, 0) is 56.6 Å². The molecule has 8 heteroatoms. The lowest BCUT2D eigenvalue weighted by molar-refractivity contribution is -0.119. The van der Waals surface area contributed by atoms with Crippen molar-refractivity contribution in [1.82, 2.24) is 14.9 Å². The van der Waals surface area contributed by atoms with E-state index in [0.29, 0.717) is 18.3 Å². The monoisotopic (exact) mass is 485 g/mol. The minimum Gasteiger partial charge on any atom is -0.383 e. The molecule has 6 nitrogen and oxygen atoms in total. The van der Waals surface area contributed by atoms with Gasteiger partial charge in [-0.3, -0.25) is 14.2 Å². The fraction of sp³-hybridized carbons (Fsp3) is 0.480. The highest BCUT2D eigenvalue weighted by molar-refractivity contribution is 7.99. The Morgan fingerprint density at radius 1 is 1.27 bits per heavy atom. The van der Waals surface area contributed by atoms with Crippen LogP contribution in [0.1, 0.15) is 42.2 Å². The molecule has 2 aromatic heterocycles. The van der Waals surface area contributed by atoms with Crippen LogP contribution in [-0.4, -0.2) is 41.0 Å². The minimum atomic E-state index is -0.0429. The van der Waals surface area contributed by atoms with Crippen molar-refractivity contribution in [3.05, 3.63) is 56.7 Å². The zero-order chi connectivity index (χ0) is 23.2. The second kappa shape index (κ2) is 11.3. The van der Waals surface area contributed by atoms with Gasteiger partial charge in [0.2, 0.25) is 5.91 Å². The third kappa shape index (κ3) is 5.86. The summed E-state index contributed by atoms with van der Waals surface area (Å²) in [5.74, 6) is 0.185. The summed E-state index contributed by atoms with van der Waals surface area (Å²) in [6, 6.07) is 10.4. The van der Waals surface area contributed by atoms with Gasteiger partial charge in [-0.25, -0.2) is 4.98 Å². The smallest absolute Gasteiger partial charge is 0.263 e. The molecule has 33 heavy (non-hydrogen) atoms. The molecular weight excluding hydrogens is 454 g/mol. The molecule has 1 unspecified atom stereocenters. The average Bonchev–Trinajstić information content (AvgIpc) is 3.20. The minimum absolute atomic E-state index is 0.00409. The van der Waals surface area contributed by atoms with E-state index in [4.69, 9.17) is 9.72 Å². The molecule has 1 amide bonds. The summed E-state index contributed by atoms with van der Waals surface area (Å²) >= 11 is 2.97. The molecule has 0 spiro atoms. The number of amides is 1. The van der Waals surface area contributed by atoms with E-state index in [-0.39, 0.29) is 23.3 Å². The van der Waals surface area contributed by atoms with Crippen LogP contribution in [0.4, 0.5) is 0 Å². The predicted molar refractivity (Wildman–Crippen MR) is 135 cm³/mol. The maximum Gasteiger partial charge on any atom is 0.263 e. The summed E-state index contributed by atoms with van der Waals surface area (Å²) in [5, 5.41) is 4.44. The molecule has 0 fully saturated rings. The topological polar surface area (TPSA) is 73.2 Å². The number of ether oxygens (including phenoxy) is 1. The van der Waals surface area contributed by atoms with Gasteiger partial charge >= 0.3 is 0 Å². The molecule has 0 saturated carbocycles. The summed E-state index contributed by atoms with van der Waals surface area (Å²) < 4.78 is 6.91. The molecule has 0 saturated heterocycles. The number of hydrogen-bond acceptors (Lipinski definition) is 6. The van der Waals surface area contributed by atoms with Gasteiger partial charge in [0, 0.05) is 18.0 Å². The Kier molecular flexibility index (Phi) is 8.22. The van der Waals surface area contributed by atoms with E-state index in [2.05, 4.69) is 17.4 Å². The van der Waals surface area contributed by atoms with Crippen LogP contribution in [0.25, 0.3) is 10.2 Å². The number of carbonyl (C=O) groups excluding carboxylic acids is 1. The van der Waals surface area contributed by atoms with Crippen LogP contribution in [0, 0.1) is 0 Å². The second-order valence-electron chi connectivity index (χ2n) is 8.52. The van der Waals surface area contributed by atoms with E-state index < -0.39 is 0 Å². The molecule has 0 aliphatic heterocycles. The van der Waals surface area contributed by atoms with Crippen molar-refractivity contribution in [3.63, 3.8) is 0 Å². The number of benzene rings is 1. The van der Waals surface area contributed by atoms with Crippen molar-refractivity contribution in [2.24, 2.45) is 0 Å².